The van der Waals surface area contributed by atoms with Crippen LogP contribution in [-0.2, 0) is 9.53 Å². The van der Waals surface area contributed by atoms with Crippen molar-refractivity contribution in [2.24, 2.45) is 5.92 Å². The highest BCUT2D eigenvalue weighted by molar-refractivity contribution is 5.76. The molecule has 0 radical (unpaired) electrons. The van der Waals surface area contributed by atoms with Crippen molar-refractivity contribution < 1.29 is 9.53 Å². The lowest BCUT2D eigenvalue weighted by Gasteiger charge is -2.29. The highest BCUT2D eigenvalue weighted by atomic mass is 16.5. The SMILES string of the molecule is CCOCCCC(=O)N1CCC(C#N)CC1. The van der Waals surface area contributed by atoms with Crippen LogP contribution in [0.5, 0.6) is 0 Å². The Morgan fingerprint density at radius 2 is 2.19 bits per heavy atom. The van der Waals surface area contributed by atoms with E-state index in [9.17, 15) is 4.79 Å². The second kappa shape index (κ2) is 7.24. The number of nitrogens with zero attached hydrogens (tertiary/aromatic N) is 2. The van der Waals surface area contributed by atoms with Crippen molar-refractivity contribution in [2.75, 3.05) is 26.3 Å². The molecule has 0 aromatic carbocycles. The predicted octanol–water partition coefficient (Wildman–Crippen LogP) is 1.57. The van der Waals surface area contributed by atoms with Gasteiger partial charge in [-0.3, -0.25) is 4.79 Å². The molecule has 1 rings (SSSR count). The summed E-state index contributed by atoms with van der Waals surface area (Å²) in [6, 6.07) is 2.27. The van der Waals surface area contributed by atoms with Crippen molar-refractivity contribution in [2.45, 2.75) is 32.6 Å². The smallest absolute Gasteiger partial charge is 0.222 e. The topological polar surface area (TPSA) is 53.3 Å². The van der Waals surface area contributed by atoms with Crippen molar-refractivity contribution >= 4 is 5.91 Å². The standard InChI is InChI=1S/C12H20N2O2/c1-2-16-9-3-4-12(15)14-7-5-11(10-13)6-8-14/h11H,2-9H2,1H3. The molecular formula is C12H20N2O2. The molecular weight excluding hydrogens is 204 g/mol. The van der Waals surface area contributed by atoms with Gasteiger partial charge in [0.15, 0.2) is 0 Å². The third-order valence-electron chi connectivity index (χ3n) is 2.91. The van der Waals surface area contributed by atoms with Crippen LogP contribution in [0.15, 0.2) is 0 Å². The highest BCUT2D eigenvalue weighted by Gasteiger charge is 2.21. The summed E-state index contributed by atoms with van der Waals surface area (Å²) in [4.78, 5) is 13.6. The molecule has 0 atom stereocenters. The van der Waals surface area contributed by atoms with Crippen LogP contribution in [-0.4, -0.2) is 37.1 Å². The van der Waals surface area contributed by atoms with Gasteiger partial charge in [-0.05, 0) is 26.2 Å². The Balaban J connectivity index is 2.16. The molecule has 0 N–H and O–H groups in total. The summed E-state index contributed by atoms with van der Waals surface area (Å²) in [5.41, 5.74) is 0. The lowest BCUT2D eigenvalue weighted by atomic mass is 9.98. The second-order valence-electron chi connectivity index (χ2n) is 4.08. The van der Waals surface area contributed by atoms with Crippen LogP contribution in [0.25, 0.3) is 0 Å². The van der Waals surface area contributed by atoms with Gasteiger partial charge in [-0.25, -0.2) is 0 Å². The number of rotatable bonds is 5. The van der Waals surface area contributed by atoms with Gasteiger partial charge in [-0.15, -0.1) is 0 Å². The molecule has 0 aromatic heterocycles. The van der Waals surface area contributed by atoms with Gasteiger partial charge < -0.3 is 9.64 Å². The Kier molecular flexibility index (Phi) is 5.87. The molecule has 4 nitrogen and oxygen atoms in total. The molecule has 0 bridgehead atoms. The van der Waals surface area contributed by atoms with E-state index in [4.69, 9.17) is 10.00 Å². The summed E-state index contributed by atoms with van der Waals surface area (Å²) >= 11 is 0. The summed E-state index contributed by atoms with van der Waals surface area (Å²) in [6.07, 6.45) is 3.02. The quantitative estimate of drug-likeness (QED) is 0.666. The maximum absolute atomic E-state index is 11.7. The van der Waals surface area contributed by atoms with Gasteiger partial charge in [0, 0.05) is 38.6 Å². The first-order valence-electron chi connectivity index (χ1n) is 6.03. The maximum atomic E-state index is 11.7. The van der Waals surface area contributed by atoms with Gasteiger partial charge in [0.05, 0.1) is 6.07 Å². The van der Waals surface area contributed by atoms with Crippen molar-refractivity contribution in [3.05, 3.63) is 0 Å². The number of carbonyl (C=O) groups excluding carboxylic acids is 1. The first-order valence-corrected chi connectivity index (χ1v) is 6.03. The minimum Gasteiger partial charge on any atom is -0.382 e. The summed E-state index contributed by atoms with van der Waals surface area (Å²) in [5, 5.41) is 8.75. The van der Waals surface area contributed by atoms with Crippen LogP contribution in [0.2, 0.25) is 0 Å². The van der Waals surface area contributed by atoms with Gasteiger partial charge in [0.2, 0.25) is 5.91 Å². The number of carbonyl (C=O) groups is 1. The van der Waals surface area contributed by atoms with E-state index in [0.29, 0.717) is 19.6 Å². The van der Waals surface area contributed by atoms with Gasteiger partial charge >= 0.3 is 0 Å². The van der Waals surface area contributed by atoms with Crippen LogP contribution in [0, 0.1) is 17.2 Å². The Hall–Kier alpha value is -1.08. The van der Waals surface area contributed by atoms with Crippen molar-refractivity contribution in [3.8, 4) is 6.07 Å². The van der Waals surface area contributed by atoms with E-state index < -0.39 is 0 Å². The Bertz CT molecular complexity index is 252. The van der Waals surface area contributed by atoms with Crippen molar-refractivity contribution in [3.63, 3.8) is 0 Å². The van der Waals surface area contributed by atoms with E-state index >= 15 is 0 Å². The molecule has 1 aliphatic rings. The largest absolute Gasteiger partial charge is 0.382 e. The minimum absolute atomic E-state index is 0.146. The van der Waals surface area contributed by atoms with Crippen molar-refractivity contribution in [1.82, 2.24) is 4.90 Å². The molecule has 4 heteroatoms. The van der Waals surface area contributed by atoms with Gasteiger partial charge in [-0.1, -0.05) is 0 Å². The Morgan fingerprint density at radius 3 is 2.75 bits per heavy atom. The van der Waals surface area contributed by atoms with Crippen LogP contribution in [0.4, 0.5) is 0 Å². The van der Waals surface area contributed by atoms with Crippen molar-refractivity contribution in [1.29, 1.82) is 5.26 Å². The third kappa shape index (κ3) is 4.19. The fourth-order valence-corrected chi connectivity index (χ4v) is 1.89. The maximum Gasteiger partial charge on any atom is 0.222 e. The van der Waals surface area contributed by atoms with E-state index in [0.717, 1.165) is 32.4 Å². The molecule has 0 aromatic rings. The van der Waals surface area contributed by atoms with Crippen LogP contribution in [0.3, 0.4) is 0 Å². The number of amides is 1. The monoisotopic (exact) mass is 224 g/mol. The zero-order chi connectivity index (χ0) is 11.8. The molecule has 1 amide bonds. The zero-order valence-electron chi connectivity index (χ0n) is 9.95. The summed E-state index contributed by atoms with van der Waals surface area (Å²) in [6.45, 7) is 4.81. The fraction of sp³-hybridized carbons (Fsp3) is 0.833. The Morgan fingerprint density at radius 1 is 1.50 bits per heavy atom. The molecule has 0 unspecified atom stereocenters. The summed E-state index contributed by atoms with van der Waals surface area (Å²) in [7, 11) is 0. The third-order valence-corrected chi connectivity index (χ3v) is 2.91. The molecule has 1 aliphatic heterocycles. The van der Waals surface area contributed by atoms with Gasteiger partial charge in [-0.2, -0.15) is 5.26 Å². The molecule has 0 saturated carbocycles. The van der Waals surface area contributed by atoms with E-state index in [1.807, 2.05) is 11.8 Å². The first kappa shape index (κ1) is 13.0. The zero-order valence-corrected chi connectivity index (χ0v) is 9.95. The lowest BCUT2D eigenvalue weighted by molar-refractivity contribution is -0.132. The molecule has 0 aliphatic carbocycles. The molecule has 1 saturated heterocycles. The first-order chi connectivity index (χ1) is 7.77. The second-order valence-corrected chi connectivity index (χ2v) is 4.08. The van der Waals surface area contributed by atoms with Gasteiger partial charge in [0.25, 0.3) is 0 Å². The highest BCUT2D eigenvalue weighted by Crippen LogP contribution is 2.16. The molecule has 90 valence electrons. The average molecular weight is 224 g/mol. The minimum atomic E-state index is 0.146. The van der Waals surface area contributed by atoms with Crippen LogP contribution >= 0.6 is 0 Å². The average Bonchev–Trinajstić information content (AvgIpc) is 2.34. The summed E-state index contributed by atoms with van der Waals surface area (Å²) < 4.78 is 5.19. The number of hydrogen-bond donors (Lipinski definition) is 0. The van der Waals surface area contributed by atoms with E-state index in [1.165, 1.54) is 0 Å². The predicted molar refractivity (Wildman–Crippen MR) is 60.6 cm³/mol. The summed E-state index contributed by atoms with van der Waals surface area (Å²) in [5.74, 6) is 0.351. The lowest BCUT2D eigenvalue weighted by Crippen LogP contribution is -2.38. The molecule has 0 spiro atoms. The normalized spacial score (nSPS) is 17.1. The number of piperidine rings is 1. The molecule has 1 heterocycles. The fourth-order valence-electron chi connectivity index (χ4n) is 1.89. The van der Waals surface area contributed by atoms with E-state index in [2.05, 4.69) is 6.07 Å². The number of ether oxygens (including phenoxy) is 1. The van der Waals surface area contributed by atoms with E-state index in [-0.39, 0.29) is 11.8 Å². The number of nitriles is 1. The van der Waals surface area contributed by atoms with Gasteiger partial charge in [0.1, 0.15) is 0 Å². The number of hydrogen-bond acceptors (Lipinski definition) is 3. The van der Waals surface area contributed by atoms with Crippen LogP contribution < -0.4 is 0 Å². The van der Waals surface area contributed by atoms with E-state index in [1.54, 1.807) is 0 Å². The number of likely N-dealkylation sites (tertiary alicyclic amines) is 1. The Labute approximate surface area is 97.2 Å². The van der Waals surface area contributed by atoms with Crippen LogP contribution in [0.1, 0.15) is 32.6 Å². The molecule has 1 fully saturated rings. The molecule has 16 heavy (non-hydrogen) atoms.